The molecule has 1 aromatic heterocycles. The first kappa shape index (κ1) is 9.64. The molecule has 0 unspecified atom stereocenters. The zero-order valence-corrected chi connectivity index (χ0v) is 9.56. The Morgan fingerprint density at radius 1 is 1.31 bits per heavy atom. The van der Waals surface area contributed by atoms with E-state index in [0.29, 0.717) is 0 Å². The number of hydrogen-bond acceptors (Lipinski definition) is 1. The molecule has 1 aliphatic carbocycles. The summed E-state index contributed by atoms with van der Waals surface area (Å²) in [5.41, 5.74) is 2.74. The van der Waals surface area contributed by atoms with E-state index in [4.69, 9.17) is 0 Å². The van der Waals surface area contributed by atoms with Crippen LogP contribution in [0.5, 0.6) is 0 Å². The smallest absolute Gasteiger partial charge is 0.113 e. The fourth-order valence-corrected chi connectivity index (χ4v) is 2.14. The minimum atomic E-state index is 0.724. The molecule has 0 saturated heterocycles. The lowest BCUT2D eigenvalue weighted by molar-refractivity contribution is 0.693. The Labute approximate surface area is 95.9 Å². The molecule has 3 rings (SSSR count). The van der Waals surface area contributed by atoms with E-state index >= 15 is 0 Å². The van der Waals surface area contributed by atoms with Crippen LogP contribution in [-0.4, -0.2) is 9.55 Å². The molecule has 1 aromatic carbocycles. The fourth-order valence-electron chi connectivity index (χ4n) is 2.14. The van der Waals surface area contributed by atoms with Gasteiger partial charge < -0.3 is 4.57 Å². The standard InChI is InChI=1S/C14H16N2/c1-11-4-2-3-5-12(11)10-14-15-8-9-16(14)13-6-7-13/h2-5,8-9,13H,6-7,10H2,1H3. The van der Waals surface area contributed by atoms with Crippen molar-refractivity contribution in [2.45, 2.75) is 32.2 Å². The monoisotopic (exact) mass is 212 g/mol. The second kappa shape index (κ2) is 3.78. The number of hydrogen-bond donors (Lipinski definition) is 0. The van der Waals surface area contributed by atoms with Gasteiger partial charge in [-0.25, -0.2) is 4.98 Å². The van der Waals surface area contributed by atoms with Crippen LogP contribution in [0, 0.1) is 6.92 Å². The number of nitrogens with zero attached hydrogens (tertiary/aromatic N) is 2. The Morgan fingerprint density at radius 3 is 2.88 bits per heavy atom. The van der Waals surface area contributed by atoms with Crippen LogP contribution in [0.4, 0.5) is 0 Å². The molecule has 16 heavy (non-hydrogen) atoms. The molecule has 2 nitrogen and oxygen atoms in total. The SMILES string of the molecule is Cc1ccccc1Cc1nccn1C1CC1. The maximum absolute atomic E-state index is 4.48. The van der Waals surface area contributed by atoms with Crippen molar-refractivity contribution in [3.8, 4) is 0 Å². The van der Waals surface area contributed by atoms with Crippen LogP contribution in [0.1, 0.15) is 35.8 Å². The highest BCUT2D eigenvalue weighted by Gasteiger charge is 2.25. The van der Waals surface area contributed by atoms with Crippen molar-refractivity contribution in [2.75, 3.05) is 0 Å². The summed E-state index contributed by atoms with van der Waals surface area (Å²) in [6.45, 7) is 2.17. The first-order chi connectivity index (χ1) is 7.84. The van der Waals surface area contributed by atoms with Crippen LogP contribution in [-0.2, 0) is 6.42 Å². The van der Waals surface area contributed by atoms with Gasteiger partial charge in [-0.3, -0.25) is 0 Å². The molecule has 0 amide bonds. The van der Waals surface area contributed by atoms with E-state index in [1.807, 2.05) is 6.20 Å². The first-order valence-corrected chi connectivity index (χ1v) is 5.91. The Morgan fingerprint density at radius 2 is 2.12 bits per heavy atom. The molecule has 0 spiro atoms. The highest BCUT2D eigenvalue weighted by Crippen LogP contribution is 2.35. The number of imidazole rings is 1. The Bertz CT molecular complexity index is 495. The lowest BCUT2D eigenvalue weighted by Gasteiger charge is -2.08. The van der Waals surface area contributed by atoms with Crippen LogP contribution in [0.2, 0.25) is 0 Å². The average Bonchev–Trinajstić information content (AvgIpc) is 3.03. The Kier molecular flexibility index (Phi) is 2.28. The zero-order valence-electron chi connectivity index (χ0n) is 9.56. The number of aryl methyl sites for hydroxylation is 1. The van der Waals surface area contributed by atoms with Gasteiger partial charge in [0.1, 0.15) is 5.82 Å². The van der Waals surface area contributed by atoms with Crippen LogP contribution in [0.15, 0.2) is 36.7 Å². The van der Waals surface area contributed by atoms with Gasteiger partial charge in [0.05, 0.1) is 0 Å². The van der Waals surface area contributed by atoms with Crippen LogP contribution < -0.4 is 0 Å². The van der Waals surface area contributed by atoms with Crippen LogP contribution >= 0.6 is 0 Å². The molecule has 1 fully saturated rings. The topological polar surface area (TPSA) is 17.8 Å². The molecule has 1 heterocycles. The molecule has 0 radical (unpaired) electrons. The summed E-state index contributed by atoms with van der Waals surface area (Å²) in [4.78, 5) is 4.48. The molecule has 0 aliphatic heterocycles. The van der Waals surface area contributed by atoms with Crippen molar-refractivity contribution in [2.24, 2.45) is 0 Å². The minimum Gasteiger partial charge on any atom is -0.332 e. The summed E-state index contributed by atoms with van der Waals surface area (Å²) in [5, 5.41) is 0. The van der Waals surface area contributed by atoms with E-state index < -0.39 is 0 Å². The maximum Gasteiger partial charge on any atom is 0.113 e. The van der Waals surface area contributed by atoms with Gasteiger partial charge in [-0.2, -0.15) is 0 Å². The van der Waals surface area contributed by atoms with E-state index in [0.717, 1.165) is 12.5 Å². The molecule has 2 heteroatoms. The molecule has 0 atom stereocenters. The summed E-state index contributed by atoms with van der Waals surface area (Å²) in [5.74, 6) is 1.21. The fraction of sp³-hybridized carbons (Fsp3) is 0.357. The minimum absolute atomic E-state index is 0.724. The third kappa shape index (κ3) is 1.75. The van der Waals surface area contributed by atoms with Gasteiger partial charge in [0.25, 0.3) is 0 Å². The van der Waals surface area contributed by atoms with Crippen LogP contribution in [0.25, 0.3) is 0 Å². The molecule has 1 aliphatic rings. The highest BCUT2D eigenvalue weighted by atomic mass is 15.1. The number of benzene rings is 1. The molecule has 2 aromatic rings. The normalized spacial score (nSPS) is 15.3. The van der Waals surface area contributed by atoms with Gasteiger partial charge in [0.2, 0.25) is 0 Å². The van der Waals surface area contributed by atoms with Gasteiger partial charge in [0.15, 0.2) is 0 Å². The zero-order chi connectivity index (χ0) is 11.0. The molecule has 82 valence electrons. The van der Waals surface area contributed by atoms with Crippen molar-refractivity contribution in [3.05, 3.63) is 53.6 Å². The maximum atomic E-state index is 4.48. The van der Waals surface area contributed by atoms with Crippen LogP contribution in [0.3, 0.4) is 0 Å². The van der Waals surface area contributed by atoms with E-state index in [1.54, 1.807) is 0 Å². The Hall–Kier alpha value is -1.57. The van der Waals surface area contributed by atoms with E-state index in [1.165, 1.54) is 29.8 Å². The van der Waals surface area contributed by atoms with Crippen molar-refractivity contribution in [3.63, 3.8) is 0 Å². The van der Waals surface area contributed by atoms with Crippen molar-refractivity contribution >= 4 is 0 Å². The lowest BCUT2D eigenvalue weighted by Crippen LogP contribution is -2.02. The van der Waals surface area contributed by atoms with Gasteiger partial charge in [-0.1, -0.05) is 24.3 Å². The first-order valence-electron chi connectivity index (χ1n) is 5.91. The van der Waals surface area contributed by atoms with E-state index in [9.17, 15) is 0 Å². The number of aromatic nitrogens is 2. The quantitative estimate of drug-likeness (QED) is 0.764. The van der Waals surface area contributed by atoms with Gasteiger partial charge in [0, 0.05) is 24.9 Å². The third-order valence-corrected chi connectivity index (χ3v) is 3.30. The molecular weight excluding hydrogens is 196 g/mol. The summed E-state index contributed by atoms with van der Waals surface area (Å²) < 4.78 is 2.34. The highest BCUT2D eigenvalue weighted by molar-refractivity contribution is 5.28. The second-order valence-corrected chi connectivity index (χ2v) is 4.59. The summed E-state index contributed by atoms with van der Waals surface area (Å²) in [7, 11) is 0. The van der Waals surface area contributed by atoms with E-state index in [2.05, 4.69) is 46.9 Å². The van der Waals surface area contributed by atoms with Gasteiger partial charge in [-0.05, 0) is 30.9 Å². The lowest BCUT2D eigenvalue weighted by atomic mass is 10.1. The third-order valence-electron chi connectivity index (χ3n) is 3.30. The molecule has 0 N–H and O–H groups in total. The van der Waals surface area contributed by atoms with E-state index in [-0.39, 0.29) is 0 Å². The predicted molar refractivity (Wildman–Crippen MR) is 64.5 cm³/mol. The summed E-state index contributed by atoms with van der Waals surface area (Å²) in [6, 6.07) is 9.28. The van der Waals surface area contributed by atoms with Crippen molar-refractivity contribution in [1.29, 1.82) is 0 Å². The van der Waals surface area contributed by atoms with Gasteiger partial charge >= 0.3 is 0 Å². The van der Waals surface area contributed by atoms with Crippen molar-refractivity contribution in [1.82, 2.24) is 9.55 Å². The number of rotatable bonds is 3. The average molecular weight is 212 g/mol. The van der Waals surface area contributed by atoms with Gasteiger partial charge in [-0.15, -0.1) is 0 Å². The Balaban J connectivity index is 1.88. The molecule has 1 saturated carbocycles. The summed E-state index contributed by atoms with van der Waals surface area (Å²) in [6.07, 6.45) is 7.63. The largest absolute Gasteiger partial charge is 0.332 e. The second-order valence-electron chi connectivity index (χ2n) is 4.59. The molecule has 0 bridgehead atoms. The van der Waals surface area contributed by atoms with Crippen molar-refractivity contribution < 1.29 is 0 Å². The summed E-state index contributed by atoms with van der Waals surface area (Å²) >= 11 is 0. The predicted octanol–water partition coefficient (Wildman–Crippen LogP) is 3.12. The molecular formula is C14H16N2.